The molecule has 0 saturated heterocycles. The molecular weight excluding hydrogens is 384 g/mol. The first kappa shape index (κ1) is 18.2. The third kappa shape index (κ3) is 3.54. The number of carbonyl (C=O) groups excluding carboxylic acids is 1. The molecule has 3 rings (SSSR count). The molecule has 6 heteroatoms. The molecule has 2 fully saturated rings. The summed E-state index contributed by atoms with van der Waals surface area (Å²) < 4.78 is 11.7. The third-order valence-corrected chi connectivity index (χ3v) is 6.13. The Balaban J connectivity index is 1.65. The number of nitrogens with zero attached hydrogens (tertiary/aromatic N) is 1. The minimum Gasteiger partial charge on any atom is -0.492 e. The van der Waals surface area contributed by atoms with E-state index in [-0.39, 0.29) is 17.2 Å². The number of nitrogens with one attached hydrogen (secondary N) is 1. The summed E-state index contributed by atoms with van der Waals surface area (Å²) in [6.07, 6.45) is 6.44. The smallest absolute Gasteiger partial charge is 0.244 e. The zero-order chi connectivity index (χ0) is 18.0. The van der Waals surface area contributed by atoms with Crippen molar-refractivity contribution >= 4 is 28.1 Å². The van der Waals surface area contributed by atoms with Gasteiger partial charge in [-0.25, -0.2) is 5.43 Å². The fourth-order valence-electron chi connectivity index (χ4n) is 4.21. The molecule has 2 aliphatic carbocycles. The average Bonchev–Trinajstić information content (AvgIpc) is 3.20. The highest BCUT2D eigenvalue weighted by Crippen LogP contribution is 2.66. The molecule has 1 N–H and O–H groups in total. The highest BCUT2D eigenvalue weighted by Gasteiger charge is 2.64. The number of rotatable bonds is 6. The number of benzene rings is 1. The highest BCUT2D eigenvalue weighted by atomic mass is 79.9. The Morgan fingerprint density at radius 3 is 2.92 bits per heavy atom. The van der Waals surface area contributed by atoms with Crippen molar-refractivity contribution in [2.45, 2.75) is 39.5 Å². The van der Waals surface area contributed by atoms with Crippen molar-refractivity contribution in [3.8, 4) is 11.5 Å². The van der Waals surface area contributed by atoms with Crippen LogP contribution in [0.1, 0.15) is 45.1 Å². The Morgan fingerprint density at radius 1 is 1.48 bits per heavy atom. The second-order valence-corrected chi connectivity index (χ2v) is 7.89. The predicted octanol–water partition coefficient (Wildman–Crippen LogP) is 4.13. The van der Waals surface area contributed by atoms with Gasteiger partial charge >= 0.3 is 0 Å². The van der Waals surface area contributed by atoms with Crippen molar-refractivity contribution < 1.29 is 14.3 Å². The molecule has 1 aromatic carbocycles. The maximum absolute atomic E-state index is 12.4. The van der Waals surface area contributed by atoms with Crippen LogP contribution in [0.2, 0.25) is 0 Å². The van der Waals surface area contributed by atoms with Crippen LogP contribution < -0.4 is 14.9 Å². The molecule has 0 aliphatic heterocycles. The standard InChI is InChI=1S/C19H25BrN2O3/c1-4-25-15-10-12(9-14(20)17(15)24-3)11-21-22-18(23)16-13-7-5-6-8-19(13,16)2/h9-11,13,16H,4-8H2,1-3H3,(H,22,23)/b21-11-/t13-,16-,19+/m0/s1. The molecule has 0 radical (unpaired) electrons. The Labute approximate surface area is 157 Å². The molecule has 2 saturated carbocycles. The van der Waals surface area contributed by atoms with E-state index in [1.165, 1.54) is 19.3 Å². The van der Waals surface area contributed by atoms with Crippen LogP contribution in [0.25, 0.3) is 0 Å². The summed E-state index contributed by atoms with van der Waals surface area (Å²) in [4.78, 5) is 12.4. The van der Waals surface area contributed by atoms with Gasteiger partial charge in [0, 0.05) is 5.92 Å². The molecule has 1 amide bonds. The van der Waals surface area contributed by atoms with Crippen molar-refractivity contribution in [3.63, 3.8) is 0 Å². The van der Waals surface area contributed by atoms with E-state index in [1.54, 1.807) is 13.3 Å². The molecule has 0 spiro atoms. The molecular formula is C19H25BrN2O3. The van der Waals surface area contributed by atoms with Gasteiger partial charge in [-0.1, -0.05) is 19.8 Å². The van der Waals surface area contributed by atoms with E-state index < -0.39 is 0 Å². The van der Waals surface area contributed by atoms with Crippen LogP contribution in [0.5, 0.6) is 11.5 Å². The maximum atomic E-state index is 12.4. The van der Waals surface area contributed by atoms with Crippen molar-refractivity contribution in [2.24, 2.45) is 22.4 Å². The number of fused-ring (bicyclic) bond motifs is 1. The number of hydrazone groups is 1. The van der Waals surface area contributed by atoms with Gasteiger partial charge in [0.15, 0.2) is 11.5 Å². The molecule has 0 aromatic heterocycles. The molecule has 136 valence electrons. The van der Waals surface area contributed by atoms with Gasteiger partial charge < -0.3 is 9.47 Å². The Morgan fingerprint density at radius 2 is 2.28 bits per heavy atom. The lowest BCUT2D eigenvalue weighted by Crippen LogP contribution is -2.22. The second-order valence-electron chi connectivity index (χ2n) is 7.04. The lowest BCUT2D eigenvalue weighted by molar-refractivity contribution is -0.123. The quantitative estimate of drug-likeness (QED) is 0.568. The van der Waals surface area contributed by atoms with Crippen LogP contribution in [-0.4, -0.2) is 25.8 Å². The SMILES string of the molecule is CCOc1cc(/C=N\NC(=O)[C@@H]2[C@@H]3CCCC[C@@]23C)cc(Br)c1OC. The second kappa shape index (κ2) is 7.36. The number of halogens is 1. The van der Waals surface area contributed by atoms with Crippen LogP contribution in [-0.2, 0) is 4.79 Å². The molecule has 1 aromatic rings. The first-order chi connectivity index (χ1) is 12.0. The molecule has 5 nitrogen and oxygen atoms in total. The number of methoxy groups -OCH3 is 1. The molecule has 0 heterocycles. The number of hydrogen-bond donors (Lipinski definition) is 1. The van der Waals surface area contributed by atoms with E-state index in [9.17, 15) is 4.79 Å². The maximum Gasteiger partial charge on any atom is 0.244 e. The largest absolute Gasteiger partial charge is 0.492 e. The van der Waals surface area contributed by atoms with Gasteiger partial charge in [0.05, 0.1) is 24.4 Å². The summed E-state index contributed by atoms with van der Waals surface area (Å²) in [5.41, 5.74) is 3.74. The number of carbonyl (C=O) groups is 1. The lowest BCUT2D eigenvalue weighted by Gasteiger charge is -2.15. The van der Waals surface area contributed by atoms with Crippen LogP contribution in [0.3, 0.4) is 0 Å². The van der Waals surface area contributed by atoms with Crippen molar-refractivity contribution in [3.05, 3.63) is 22.2 Å². The summed E-state index contributed by atoms with van der Waals surface area (Å²) in [6.45, 7) is 4.70. The van der Waals surface area contributed by atoms with Gasteiger partial charge in [0.1, 0.15) is 0 Å². The summed E-state index contributed by atoms with van der Waals surface area (Å²) in [6, 6.07) is 3.73. The van der Waals surface area contributed by atoms with Crippen molar-refractivity contribution in [1.82, 2.24) is 5.43 Å². The van der Waals surface area contributed by atoms with Gasteiger partial charge in [-0.2, -0.15) is 5.10 Å². The third-order valence-electron chi connectivity index (χ3n) is 5.54. The summed E-state index contributed by atoms with van der Waals surface area (Å²) in [5, 5.41) is 4.15. The Bertz CT molecular complexity index is 691. The molecule has 2 aliphatic rings. The normalized spacial score (nSPS) is 27.7. The summed E-state index contributed by atoms with van der Waals surface area (Å²) in [5.74, 6) is 2.00. The number of hydrogen-bond acceptors (Lipinski definition) is 4. The van der Waals surface area contributed by atoms with E-state index in [0.717, 1.165) is 16.5 Å². The monoisotopic (exact) mass is 408 g/mol. The van der Waals surface area contributed by atoms with Gasteiger partial charge in [0.25, 0.3) is 0 Å². The van der Waals surface area contributed by atoms with Crippen LogP contribution in [0.15, 0.2) is 21.7 Å². The van der Waals surface area contributed by atoms with Gasteiger partial charge in [-0.3, -0.25) is 4.79 Å². The minimum absolute atomic E-state index is 0.0447. The molecule has 25 heavy (non-hydrogen) atoms. The predicted molar refractivity (Wildman–Crippen MR) is 101 cm³/mol. The molecule has 0 bridgehead atoms. The van der Waals surface area contributed by atoms with Gasteiger partial charge in [-0.15, -0.1) is 0 Å². The van der Waals surface area contributed by atoms with Crippen LogP contribution in [0.4, 0.5) is 0 Å². The molecule has 0 unspecified atom stereocenters. The first-order valence-corrected chi connectivity index (χ1v) is 9.63. The van der Waals surface area contributed by atoms with E-state index in [0.29, 0.717) is 24.0 Å². The first-order valence-electron chi connectivity index (χ1n) is 8.84. The fourth-order valence-corrected chi connectivity index (χ4v) is 4.84. The molecule has 3 atom stereocenters. The van der Waals surface area contributed by atoms with E-state index >= 15 is 0 Å². The highest BCUT2D eigenvalue weighted by molar-refractivity contribution is 9.10. The number of amides is 1. The topological polar surface area (TPSA) is 59.9 Å². The van der Waals surface area contributed by atoms with E-state index in [1.807, 2.05) is 19.1 Å². The zero-order valence-electron chi connectivity index (χ0n) is 15.0. The van der Waals surface area contributed by atoms with Gasteiger partial charge in [0.2, 0.25) is 5.91 Å². The fraction of sp³-hybridized carbons (Fsp3) is 0.579. The average molecular weight is 409 g/mol. The van der Waals surface area contributed by atoms with Crippen molar-refractivity contribution in [2.75, 3.05) is 13.7 Å². The Kier molecular flexibility index (Phi) is 5.37. The summed E-state index contributed by atoms with van der Waals surface area (Å²) in [7, 11) is 1.60. The lowest BCUT2D eigenvalue weighted by atomic mass is 9.90. The zero-order valence-corrected chi connectivity index (χ0v) is 16.6. The summed E-state index contributed by atoms with van der Waals surface area (Å²) >= 11 is 3.48. The van der Waals surface area contributed by atoms with Crippen LogP contribution in [0, 0.1) is 17.3 Å². The minimum atomic E-state index is 0.0447. The van der Waals surface area contributed by atoms with E-state index in [2.05, 4.69) is 33.4 Å². The Hall–Kier alpha value is -1.56. The van der Waals surface area contributed by atoms with Gasteiger partial charge in [-0.05, 0) is 64.7 Å². The van der Waals surface area contributed by atoms with E-state index in [4.69, 9.17) is 9.47 Å². The van der Waals surface area contributed by atoms with Crippen molar-refractivity contribution in [1.29, 1.82) is 0 Å². The van der Waals surface area contributed by atoms with Crippen LogP contribution >= 0.6 is 15.9 Å². The number of ether oxygens (including phenoxy) is 2.